The maximum absolute atomic E-state index is 12.1. The van der Waals surface area contributed by atoms with E-state index in [1.54, 1.807) is 13.8 Å². The minimum absolute atomic E-state index is 0.373. The molecule has 0 radical (unpaired) electrons. The van der Waals surface area contributed by atoms with Crippen LogP contribution in [0, 0.1) is 0 Å². The average Bonchev–Trinajstić information content (AvgIpc) is 3.38. The fourth-order valence-corrected chi connectivity index (χ4v) is 5.02. The molecule has 3 rings (SSSR count). The van der Waals surface area contributed by atoms with Crippen molar-refractivity contribution in [1.82, 2.24) is 0 Å². The lowest BCUT2D eigenvalue weighted by Gasteiger charge is -2.42. The molecule has 0 aliphatic carbocycles. The Morgan fingerprint density at radius 1 is 0.696 bits per heavy atom. The fraction of sp³-hybridized carbons (Fsp3) is 0.750. The summed E-state index contributed by atoms with van der Waals surface area (Å²) in [5, 5.41) is 0. The second-order valence-electron chi connectivity index (χ2n) is 11.0. The van der Waals surface area contributed by atoms with E-state index in [9.17, 15) is 28.8 Å². The number of esters is 6. The van der Waals surface area contributed by atoms with E-state index in [0.29, 0.717) is 0 Å². The maximum Gasteiger partial charge on any atom is 0.303 e. The van der Waals surface area contributed by atoms with Crippen LogP contribution >= 0.6 is 0 Å². The first-order valence-electron chi connectivity index (χ1n) is 14.2. The number of hydrogen-bond acceptors (Lipinski definition) is 18. The Morgan fingerprint density at radius 3 is 1.80 bits per heavy atom. The largest absolute Gasteiger partial charge is 0.463 e. The van der Waals surface area contributed by atoms with Crippen LogP contribution in [0.5, 0.6) is 0 Å². The van der Waals surface area contributed by atoms with Gasteiger partial charge in [-0.1, -0.05) is 0 Å². The van der Waals surface area contributed by atoms with Crippen molar-refractivity contribution in [2.45, 2.75) is 122 Å². The van der Waals surface area contributed by atoms with E-state index >= 15 is 0 Å². The molecule has 3 fully saturated rings. The minimum Gasteiger partial charge on any atom is -0.463 e. The predicted octanol–water partition coefficient (Wildman–Crippen LogP) is -0.0168. The van der Waals surface area contributed by atoms with Crippen molar-refractivity contribution < 1.29 is 76.1 Å². The number of carbonyl (C=O) groups excluding carboxylic acids is 6. The summed E-state index contributed by atoms with van der Waals surface area (Å²) in [6.07, 6.45) is -11.0. The van der Waals surface area contributed by atoms with Crippen LogP contribution in [0.4, 0.5) is 0 Å². The summed E-state index contributed by atoms with van der Waals surface area (Å²) in [5.74, 6) is -5.46. The van der Waals surface area contributed by atoms with Gasteiger partial charge in [-0.3, -0.25) is 28.8 Å². The highest BCUT2D eigenvalue weighted by Crippen LogP contribution is 2.40. The van der Waals surface area contributed by atoms with E-state index in [1.807, 2.05) is 0 Å². The highest BCUT2D eigenvalue weighted by Gasteiger charge is 2.58. The second-order valence-corrected chi connectivity index (χ2v) is 11.0. The summed E-state index contributed by atoms with van der Waals surface area (Å²) < 4.78 is 55.3. The number of carbonyl (C=O) groups is 6. The number of ether oxygens (including phenoxy) is 10. The van der Waals surface area contributed by atoms with Crippen LogP contribution in [0.1, 0.15) is 55.4 Å². The molecule has 3 aliphatic heterocycles. The van der Waals surface area contributed by atoms with Crippen molar-refractivity contribution >= 4 is 41.8 Å². The lowest BCUT2D eigenvalue weighted by molar-refractivity contribution is -0.250. The van der Waals surface area contributed by atoms with Crippen LogP contribution in [0.15, 0.2) is 9.98 Å². The van der Waals surface area contributed by atoms with Gasteiger partial charge in [-0.2, -0.15) is 4.99 Å². The number of rotatable bonds is 11. The van der Waals surface area contributed by atoms with Crippen molar-refractivity contribution in [2.75, 3.05) is 13.2 Å². The fourth-order valence-electron chi connectivity index (χ4n) is 5.02. The molecule has 18 heteroatoms. The van der Waals surface area contributed by atoms with E-state index < -0.39 is 109 Å². The van der Waals surface area contributed by atoms with Gasteiger partial charge in [0.15, 0.2) is 48.8 Å². The van der Waals surface area contributed by atoms with Gasteiger partial charge in [0.2, 0.25) is 0 Å². The quantitative estimate of drug-likeness (QED) is 0.162. The van der Waals surface area contributed by atoms with Crippen LogP contribution in [0.25, 0.3) is 0 Å². The minimum atomic E-state index is -1.50. The van der Waals surface area contributed by atoms with E-state index in [0.717, 1.165) is 27.7 Å². The monoisotopic (exact) mass is 658 g/mol. The number of nitrogens with zero attached hydrogens (tertiary/aromatic N) is 2. The first kappa shape index (κ1) is 36.5. The Bertz CT molecular complexity index is 1250. The molecule has 10 atom stereocenters. The highest BCUT2D eigenvalue weighted by molar-refractivity contribution is 5.69. The third-order valence-electron chi connectivity index (χ3n) is 6.54. The zero-order valence-corrected chi connectivity index (χ0v) is 26.6. The molecule has 0 aromatic carbocycles. The van der Waals surface area contributed by atoms with Gasteiger partial charge in [-0.15, -0.1) is 0 Å². The van der Waals surface area contributed by atoms with E-state index in [1.165, 1.54) is 13.8 Å². The SMILES string of the molecule is CC(=O)OC[C@H](N=C=N[C@@H]1O[C@H](COC(C)=O)[C@@H](OC(C)=O)[C@H](OC(C)=O)[C@H]1OC(C)=O)[C@H]1O[C@@H]2OC(C)(C)O[C@@H]2[C@H]1OC(C)=O. The zero-order valence-electron chi connectivity index (χ0n) is 26.6. The van der Waals surface area contributed by atoms with Crippen LogP contribution in [-0.2, 0) is 76.1 Å². The van der Waals surface area contributed by atoms with Gasteiger partial charge in [0, 0.05) is 41.5 Å². The Labute approximate surface area is 263 Å². The molecule has 0 spiro atoms. The Balaban J connectivity index is 2.01. The third kappa shape index (κ3) is 10.0. The van der Waals surface area contributed by atoms with E-state index in [-0.39, 0.29) is 6.61 Å². The van der Waals surface area contributed by atoms with Gasteiger partial charge in [-0.25, -0.2) is 4.99 Å². The standard InChI is InChI=1S/C28H38N2O16/c1-12(31)37-9-18(20-22(40-15(4)34)25-27(44-20)46-28(7,8)45-25)29-11-30-26-24(42-17(6)36)23(41-16(5)35)21(39-14(3)33)19(43-26)10-38-13(2)32/h18-27H,9-10H2,1-8H3/t18-,19+,20+,21+,22-,23-,24+,25+,26+,27+/m0/s1. The maximum atomic E-state index is 12.1. The molecule has 0 saturated carbocycles. The number of fused-ring (bicyclic) bond motifs is 1. The topological polar surface area (TPSA) is 219 Å². The van der Waals surface area contributed by atoms with Gasteiger partial charge in [-0.05, 0) is 13.8 Å². The normalized spacial score (nSPS) is 31.6. The van der Waals surface area contributed by atoms with Gasteiger partial charge in [0.1, 0.15) is 31.5 Å². The van der Waals surface area contributed by atoms with Gasteiger partial charge in [0.25, 0.3) is 0 Å². The third-order valence-corrected chi connectivity index (χ3v) is 6.54. The second kappa shape index (κ2) is 15.6. The lowest BCUT2D eigenvalue weighted by atomic mass is 9.97. The molecule has 0 N–H and O–H groups in total. The smallest absolute Gasteiger partial charge is 0.303 e. The van der Waals surface area contributed by atoms with E-state index in [2.05, 4.69) is 16.0 Å². The predicted molar refractivity (Wildman–Crippen MR) is 146 cm³/mol. The first-order chi connectivity index (χ1) is 21.5. The van der Waals surface area contributed by atoms with Gasteiger partial charge >= 0.3 is 35.8 Å². The number of hydrogen-bond donors (Lipinski definition) is 0. The van der Waals surface area contributed by atoms with Gasteiger partial charge in [0.05, 0.1) is 6.01 Å². The van der Waals surface area contributed by atoms with Crippen molar-refractivity contribution in [3.05, 3.63) is 0 Å². The molecule has 0 bridgehead atoms. The molecular formula is C28H38N2O16. The Kier molecular flexibility index (Phi) is 12.3. The first-order valence-corrected chi connectivity index (χ1v) is 14.2. The van der Waals surface area contributed by atoms with E-state index in [4.69, 9.17) is 47.4 Å². The summed E-state index contributed by atoms with van der Waals surface area (Å²) in [4.78, 5) is 79.7. The zero-order chi connectivity index (χ0) is 34.3. The number of aliphatic imine (C=N–C) groups is 2. The lowest BCUT2D eigenvalue weighted by Crippen LogP contribution is -2.61. The summed E-state index contributed by atoms with van der Waals surface area (Å²) in [6.45, 7) is 9.24. The van der Waals surface area contributed by atoms with Crippen LogP contribution in [0.3, 0.4) is 0 Å². The molecule has 3 aliphatic rings. The van der Waals surface area contributed by atoms with Crippen LogP contribution in [-0.4, -0.2) is 122 Å². The molecule has 0 unspecified atom stereocenters. The molecule has 0 aromatic rings. The van der Waals surface area contributed by atoms with Crippen molar-refractivity contribution in [2.24, 2.45) is 9.98 Å². The molecule has 3 saturated heterocycles. The molecule has 3 heterocycles. The molecular weight excluding hydrogens is 620 g/mol. The molecule has 0 amide bonds. The summed E-state index contributed by atoms with van der Waals surface area (Å²) >= 11 is 0. The Hall–Kier alpha value is -3.96. The van der Waals surface area contributed by atoms with Crippen LogP contribution in [0.2, 0.25) is 0 Å². The van der Waals surface area contributed by atoms with Crippen molar-refractivity contribution in [3.63, 3.8) is 0 Å². The molecule has 18 nitrogen and oxygen atoms in total. The van der Waals surface area contributed by atoms with Crippen LogP contribution < -0.4 is 0 Å². The highest BCUT2D eigenvalue weighted by atomic mass is 16.8. The van der Waals surface area contributed by atoms with Crippen molar-refractivity contribution in [3.8, 4) is 0 Å². The molecule has 0 aromatic heterocycles. The van der Waals surface area contributed by atoms with Gasteiger partial charge < -0.3 is 47.4 Å². The molecule has 46 heavy (non-hydrogen) atoms. The summed E-state index contributed by atoms with van der Waals surface area (Å²) in [6, 6.07) is 1.32. The Morgan fingerprint density at radius 2 is 1.24 bits per heavy atom. The van der Waals surface area contributed by atoms with Crippen molar-refractivity contribution in [1.29, 1.82) is 0 Å². The summed E-state index contributed by atoms with van der Waals surface area (Å²) in [7, 11) is 0. The molecule has 256 valence electrons. The average molecular weight is 659 g/mol. The summed E-state index contributed by atoms with van der Waals surface area (Å²) in [5.41, 5.74) is 0.